The maximum atomic E-state index is 13.1. The number of piperidine rings is 1. The molecule has 0 saturated carbocycles. The number of ether oxygens (including phenoxy) is 1. The van der Waals surface area contributed by atoms with Crippen molar-refractivity contribution in [2.45, 2.75) is 18.5 Å². The molecule has 202 valence electrons. The van der Waals surface area contributed by atoms with Crippen LogP contribution in [0, 0.1) is 0 Å². The largest absolute Gasteiger partial charge is 0.375 e. The number of benzene rings is 1. The Labute approximate surface area is 229 Å². The molecule has 1 aromatic carbocycles. The Morgan fingerprint density at radius 1 is 0.949 bits per heavy atom. The molecule has 4 amide bonds. The van der Waals surface area contributed by atoms with Gasteiger partial charge in [-0.1, -0.05) is 23.7 Å². The standard InChI is InChI=1S/C27H27ClN6O5/c1-39-16-24(35)34-13-10-21(31-26(37)27(38)33-23-7-6-20(28)14-30-23)22(15-34)32-25(36)19-4-2-17(3-5-19)18-8-11-29-12-9-18/h2-9,11-12,14,21-22H,10,13,15-16H2,1H3,(H,31,37)(H,32,36)(H,30,33,38)/t21-,22+/m0/s1. The number of amides is 4. The van der Waals surface area contributed by atoms with Crippen molar-refractivity contribution in [3.8, 4) is 11.1 Å². The molecule has 1 aliphatic rings. The summed E-state index contributed by atoms with van der Waals surface area (Å²) in [5.41, 5.74) is 2.30. The van der Waals surface area contributed by atoms with Gasteiger partial charge in [0, 0.05) is 44.4 Å². The SMILES string of the molecule is COCC(=O)N1CC[C@H](NC(=O)C(=O)Nc2ccc(Cl)cn2)[C@H](NC(=O)c2ccc(-c3ccncc3)cc2)C1. The normalized spacial score (nSPS) is 16.7. The van der Waals surface area contributed by atoms with Crippen LogP contribution < -0.4 is 16.0 Å². The zero-order valence-corrected chi connectivity index (χ0v) is 21.9. The van der Waals surface area contributed by atoms with Gasteiger partial charge in [0.05, 0.1) is 17.1 Å². The molecule has 1 aliphatic heterocycles. The number of nitrogens with one attached hydrogen (secondary N) is 3. The Hall–Kier alpha value is -4.35. The van der Waals surface area contributed by atoms with E-state index in [0.717, 1.165) is 11.1 Å². The molecule has 39 heavy (non-hydrogen) atoms. The number of halogens is 1. The predicted molar refractivity (Wildman–Crippen MR) is 144 cm³/mol. The van der Waals surface area contributed by atoms with Gasteiger partial charge in [0.1, 0.15) is 12.4 Å². The first-order valence-corrected chi connectivity index (χ1v) is 12.5. The average molecular weight is 551 g/mol. The van der Waals surface area contributed by atoms with Crippen molar-refractivity contribution in [1.29, 1.82) is 0 Å². The number of anilines is 1. The number of hydrogen-bond donors (Lipinski definition) is 3. The summed E-state index contributed by atoms with van der Waals surface area (Å²) in [6, 6.07) is 12.5. The molecule has 1 fully saturated rings. The van der Waals surface area contributed by atoms with Crippen molar-refractivity contribution in [3.05, 3.63) is 77.7 Å². The van der Waals surface area contributed by atoms with Gasteiger partial charge >= 0.3 is 11.8 Å². The number of carbonyl (C=O) groups is 4. The fraction of sp³-hybridized carbons (Fsp3) is 0.259. The Morgan fingerprint density at radius 2 is 1.67 bits per heavy atom. The lowest BCUT2D eigenvalue weighted by molar-refractivity contribution is -0.138. The van der Waals surface area contributed by atoms with Crippen molar-refractivity contribution in [3.63, 3.8) is 0 Å². The molecule has 3 aromatic rings. The minimum absolute atomic E-state index is 0.106. The number of hydrogen-bond acceptors (Lipinski definition) is 7. The minimum atomic E-state index is -0.917. The second-order valence-electron chi connectivity index (χ2n) is 8.85. The van der Waals surface area contributed by atoms with Crippen LogP contribution >= 0.6 is 11.6 Å². The molecule has 3 heterocycles. The molecular formula is C27H27ClN6O5. The van der Waals surface area contributed by atoms with Crippen LogP contribution in [0.2, 0.25) is 5.02 Å². The molecule has 2 aromatic heterocycles. The second-order valence-corrected chi connectivity index (χ2v) is 9.29. The molecule has 11 nitrogen and oxygen atoms in total. The number of carbonyl (C=O) groups excluding carboxylic acids is 4. The highest BCUT2D eigenvalue weighted by Gasteiger charge is 2.34. The summed E-state index contributed by atoms with van der Waals surface area (Å²) >= 11 is 5.80. The zero-order valence-electron chi connectivity index (χ0n) is 21.1. The van der Waals surface area contributed by atoms with Gasteiger partial charge in [0.2, 0.25) is 5.91 Å². The highest BCUT2D eigenvalue weighted by Crippen LogP contribution is 2.19. The van der Waals surface area contributed by atoms with Gasteiger partial charge in [0.15, 0.2) is 0 Å². The van der Waals surface area contributed by atoms with Crippen molar-refractivity contribution in [1.82, 2.24) is 25.5 Å². The van der Waals surface area contributed by atoms with E-state index < -0.39 is 23.9 Å². The highest BCUT2D eigenvalue weighted by atomic mass is 35.5. The Balaban J connectivity index is 1.44. The van der Waals surface area contributed by atoms with Crippen LogP contribution in [-0.4, -0.2) is 77.4 Å². The number of aromatic nitrogens is 2. The predicted octanol–water partition coefficient (Wildman–Crippen LogP) is 1.90. The van der Waals surface area contributed by atoms with Gasteiger partial charge in [-0.3, -0.25) is 24.2 Å². The summed E-state index contributed by atoms with van der Waals surface area (Å²) < 4.78 is 4.96. The summed E-state index contributed by atoms with van der Waals surface area (Å²) in [4.78, 5) is 60.2. The molecule has 3 N–H and O–H groups in total. The van der Waals surface area contributed by atoms with Crippen molar-refractivity contribution >= 4 is 41.0 Å². The number of methoxy groups -OCH3 is 1. The second kappa shape index (κ2) is 12.9. The lowest BCUT2D eigenvalue weighted by Crippen LogP contribution is -2.62. The quantitative estimate of drug-likeness (QED) is 0.381. The van der Waals surface area contributed by atoms with E-state index in [1.807, 2.05) is 24.3 Å². The van der Waals surface area contributed by atoms with E-state index >= 15 is 0 Å². The van der Waals surface area contributed by atoms with E-state index in [1.54, 1.807) is 29.4 Å². The van der Waals surface area contributed by atoms with Crippen LogP contribution in [0.25, 0.3) is 11.1 Å². The van der Waals surface area contributed by atoms with Crippen LogP contribution in [-0.2, 0) is 19.1 Å². The molecule has 0 radical (unpaired) electrons. The molecule has 4 rings (SSSR count). The first-order valence-electron chi connectivity index (χ1n) is 12.2. The van der Waals surface area contributed by atoms with Crippen molar-refractivity contribution < 1.29 is 23.9 Å². The first-order chi connectivity index (χ1) is 18.8. The molecule has 12 heteroatoms. The van der Waals surface area contributed by atoms with E-state index in [0.29, 0.717) is 23.6 Å². The number of nitrogens with zero attached hydrogens (tertiary/aromatic N) is 3. The molecular weight excluding hydrogens is 524 g/mol. The molecule has 1 saturated heterocycles. The summed E-state index contributed by atoms with van der Waals surface area (Å²) in [7, 11) is 1.42. The summed E-state index contributed by atoms with van der Waals surface area (Å²) in [5, 5.41) is 8.40. The van der Waals surface area contributed by atoms with Crippen LogP contribution in [0.5, 0.6) is 0 Å². The van der Waals surface area contributed by atoms with Gasteiger partial charge in [-0.05, 0) is 53.9 Å². The van der Waals surface area contributed by atoms with Gasteiger partial charge < -0.3 is 25.6 Å². The number of pyridine rings is 2. The lowest BCUT2D eigenvalue weighted by atomic mass is 9.98. The average Bonchev–Trinajstić information content (AvgIpc) is 2.95. The summed E-state index contributed by atoms with van der Waals surface area (Å²) in [5.74, 6) is -2.26. The Kier molecular flexibility index (Phi) is 9.18. The third-order valence-corrected chi connectivity index (χ3v) is 6.43. The van der Waals surface area contributed by atoms with Gasteiger partial charge in [0.25, 0.3) is 5.91 Å². The van der Waals surface area contributed by atoms with E-state index in [9.17, 15) is 19.2 Å². The minimum Gasteiger partial charge on any atom is -0.375 e. The smallest absolute Gasteiger partial charge is 0.314 e. The van der Waals surface area contributed by atoms with Crippen LogP contribution in [0.4, 0.5) is 5.82 Å². The molecule has 0 aliphatic carbocycles. The molecule has 2 atom stereocenters. The van der Waals surface area contributed by atoms with E-state index in [4.69, 9.17) is 16.3 Å². The third-order valence-electron chi connectivity index (χ3n) is 6.20. The Bertz CT molecular complexity index is 1320. The first kappa shape index (κ1) is 27.7. The van der Waals surface area contributed by atoms with Crippen molar-refractivity contribution in [2.24, 2.45) is 0 Å². The van der Waals surface area contributed by atoms with E-state index in [1.165, 1.54) is 25.4 Å². The van der Waals surface area contributed by atoms with E-state index in [2.05, 4.69) is 25.9 Å². The molecule has 0 bridgehead atoms. The maximum absolute atomic E-state index is 13.1. The van der Waals surface area contributed by atoms with Crippen LogP contribution in [0.15, 0.2) is 67.1 Å². The Morgan fingerprint density at radius 3 is 2.33 bits per heavy atom. The zero-order chi connectivity index (χ0) is 27.8. The summed E-state index contributed by atoms with van der Waals surface area (Å²) in [6.07, 6.45) is 5.04. The van der Waals surface area contributed by atoms with E-state index in [-0.39, 0.29) is 30.8 Å². The molecule has 0 spiro atoms. The maximum Gasteiger partial charge on any atom is 0.314 e. The van der Waals surface area contributed by atoms with Gasteiger partial charge in [-0.2, -0.15) is 0 Å². The fourth-order valence-corrected chi connectivity index (χ4v) is 4.29. The van der Waals surface area contributed by atoms with Crippen molar-refractivity contribution in [2.75, 3.05) is 32.1 Å². The number of likely N-dealkylation sites (tertiary alicyclic amines) is 1. The monoisotopic (exact) mass is 550 g/mol. The summed E-state index contributed by atoms with van der Waals surface area (Å²) in [6.45, 7) is 0.347. The molecule has 0 unspecified atom stereocenters. The van der Waals surface area contributed by atoms with Crippen LogP contribution in [0.1, 0.15) is 16.8 Å². The third kappa shape index (κ3) is 7.37. The van der Waals surface area contributed by atoms with Gasteiger partial charge in [-0.25, -0.2) is 4.98 Å². The van der Waals surface area contributed by atoms with Crippen LogP contribution in [0.3, 0.4) is 0 Å². The fourth-order valence-electron chi connectivity index (χ4n) is 4.18. The highest BCUT2D eigenvalue weighted by molar-refractivity contribution is 6.39. The number of rotatable bonds is 7. The topological polar surface area (TPSA) is 143 Å². The van der Waals surface area contributed by atoms with Gasteiger partial charge in [-0.15, -0.1) is 0 Å². The lowest BCUT2D eigenvalue weighted by Gasteiger charge is -2.39.